The van der Waals surface area contributed by atoms with Gasteiger partial charge < -0.3 is 14.8 Å². The van der Waals surface area contributed by atoms with Crippen LogP contribution in [-0.2, 0) is 11.2 Å². The largest absolute Gasteiger partial charge is 0.586 e. The number of ketones is 1. The normalized spacial score (nSPS) is 18.6. The van der Waals surface area contributed by atoms with E-state index in [1.807, 2.05) is 0 Å². The Morgan fingerprint density at radius 1 is 1.35 bits per heavy atom. The van der Waals surface area contributed by atoms with Crippen LogP contribution < -0.4 is 14.8 Å². The molecular formula is C13H11F2NO4. The molecule has 1 heterocycles. The fraction of sp³-hybridized carbons (Fsp3) is 0.385. The molecule has 0 unspecified atom stereocenters. The van der Waals surface area contributed by atoms with E-state index in [1.165, 1.54) is 13.0 Å². The van der Waals surface area contributed by atoms with Crippen LogP contribution in [0.5, 0.6) is 11.5 Å². The molecule has 0 saturated heterocycles. The highest BCUT2D eigenvalue weighted by Crippen LogP contribution is 2.49. The van der Waals surface area contributed by atoms with Gasteiger partial charge in [0.25, 0.3) is 0 Å². The summed E-state index contributed by atoms with van der Waals surface area (Å²) in [6.07, 6.45) is -2.45. The predicted molar refractivity (Wildman–Crippen MR) is 64.2 cm³/mol. The number of rotatable bonds is 1. The van der Waals surface area contributed by atoms with Crippen molar-refractivity contribution in [2.24, 2.45) is 0 Å². The van der Waals surface area contributed by atoms with Gasteiger partial charge in [0.2, 0.25) is 5.91 Å². The lowest BCUT2D eigenvalue weighted by molar-refractivity contribution is -0.286. The third-order valence-corrected chi connectivity index (χ3v) is 3.21. The van der Waals surface area contributed by atoms with Crippen LogP contribution in [0.3, 0.4) is 0 Å². The Bertz CT molecular complexity index is 627. The van der Waals surface area contributed by atoms with E-state index in [9.17, 15) is 18.4 Å². The van der Waals surface area contributed by atoms with Crippen LogP contribution in [0.15, 0.2) is 6.07 Å². The number of halogens is 2. The SMILES string of the molecule is CC(=O)Nc1cc2c(c3c1C(=O)CCC3)OC(F)(F)O2. The Balaban J connectivity index is 2.19. The summed E-state index contributed by atoms with van der Waals surface area (Å²) in [5.74, 6) is -0.854. The molecule has 0 spiro atoms. The number of fused-ring (bicyclic) bond motifs is 3. The number of carbonyl (C=O) groups excluding carboxylic acids is 2. The van der Waals surface area contributed by atoms with Gasteiger partial charge in [-0.2, -0.15) is 0 Å². The highest BCUT2D eigenvalue weighted by Gasteiger charge is 2.46. The highest BCUT2D eigenvalue weighted by molar-refractivity contribution is 6.07. The zero-order valence-electron chi connectivity index (χ0n) is 10.6. The van der Waals surface area contributed by atoms with Crippen LogP contribution >= 0.6 is 0 Å². The van der Waals surface area contributed by atoms with Gasteiger partial charge >= 0.3 is 6.29 Å². The zero-order valence-corrected chi connectivity index (χ0v) is 10.6. The molecule has 0 atom stereocenters. The molecule has 1 N–H and O–H groups in total. The molecule has 7 heteroatoms. The first-order valence-electron chi connectivity index (χ1n) is 6.14. The summed E-state index contributed by atoms with van der Waals surface area (Å²) in [7, 11) is 0. The average Bonchev–Trinajstić information content (AvgIpc) is 2.63. The van der Waals surface area contributed by atoms with Gasteiger partial charge in [-0.15, -0.1) is 8.78 Å². The number of alkyl halides is 2. The van der Waals surface area contributed by atoms with Gasteiger partial charge in [0.1, 0.15) is 0 Å². The Labute approximate surface area is 112 Å². The third-order valence-electron chi connectivity index (χ3n) is 3.21. The fourth-order valence-electron chi connectivity index (χ4n) is 2.54. The van der Waals surface area contributed by atoms with E-state index >= 15 is 0 Å². The maximum atomic E-state index is 13.2. The summed E-state index contributed by atoms with van der Waals surface area (Å²) >= 11 is 0. The highest BCUT2D eigenvalue weighted by atomic mass is 19.3. The number of hydrogen-bond acceptors (Lipinski definition) is 4. The van der Waals surface area contributed by atoms with Crippen LogP contribution in [-0.4, -0.2) is 18.0 Å². The van der Waals surface area contributed by atoms with Crippen molar-refractivity contribution >= 4 is 17.4 Å². The minimum absolute atomic E-state index is 0.104. The number of hydrogen-bond donors (Lipinski definition) is 1. The third kappa shape index (κ3) is 1.99. The average molecular weight is 283 g/mol. The summed E-state index contributed by atoms with van der Waals surface area (Å²) in [6, 6.07) is 1.21. The summed E-state index contributed by atoms with van der Waals surface area (Å²) in [6.45, 7) is 1.28. The molecule has 1 aromatic carbocycles. The van der Waals surface area contributed by atoms with E-state index in [2.05, 4.69) is 14.8 Å². The monoisotopic (exact) mass is 283 g/mol. The lowest BCUT2D eigenvalue weighted by Crippen LogP contribution is -2.26. The number of benzene rings is 1. The number of amides is 1. The fourth-order valence-corrected chi connectivity index (χ4v) is 2.54. The Morgan fingerprint density at radius 3 is 2.80 bits per heavy atom. The van der Waals surface area contributed by atoms with E-state index in [-0.39, 0.29) is 28.5 Å². The molecule has 0 radical (unpaired) electrons. The lowest BCUT2D eigenvalue weighted by Gasteiger charge is -2.19. The van der Waals surface area contributed by atoms with Gasteiger partial charge in [0.05, 0.1) is 5.69 Å². The second kappa shape index (κ2) is 4.16. The van der Waals surface area contributed by atoms with Gasteiger partial charge in [0, 0.05) is 30.5 Å². The first kappa shape index (κ1) is 12.8. The van der Waals surface area contributed by atoms with Crippen LogP contribution in [0.25, 0.3) is 0 Å². The molecule has 0 saturated carbocycles. The first-order valence-corrected chi connectivity index (χ1v) is 6.14. The Kier molecular flexibility index (Phi) is 2.67. The molecule has 106 valence electrons. The van der Waals surface area contributed by atoms with Gasteiger partial charge in [0.15, 0.2) is 17.3 Å². The number of anilines is 1. The van der Waals surface area contributed by atoms with Gasteiger partial charge in [-0.05, 0) is 12.8 Å². The van der Waals surface area contributed by atoms with Gasteiger partial charge in [-0.1, -0.05) is 0 Å². The zero-order chi connectivity index (χ0) is 14.5. The molecule has 0 aromatic heterocycles. The van der Waals surface area contributed by atoms with Crippen LogP contribution in [0.4, 0.5) is 14.5 Å². The van der Waals surface area contributed by atoms with Crippen molar-refractivity contribution in [2.45, 2.75) is 32.5 Å². The van der Waals surface area contributed by atoms with Crippen molar-refractivity contribution in [3.05, 3.63) is 17.2 Å². The maximum absolute atomic E-state index is 13.2. The molecule has 20 heavy (non-hydrogen) atoms. The van der Waals surface area contributed by atoms with E-state index < -0.39 is 12.2 Å². The second-order valence-corrected chi connectivity index (χ2v) is 4.73. The van der Waals surface area contributed by atoms with Crippen LogP contribution in [0.1, 0.15) is 35.7 Å². The summed E-state index contributed by atoms with van der Waals surface area (Å²) in [4.78, 5) is 23.2. The number of ether oxygens (including phenoxy) is 2. The molecule has 0 bridgehead atoms. The number of carbonyl (C=O) groups is 2. The summed E-state index contributed by atoms with van der Waals surface area (Å²) < 4.78 is 35.2. The molecule has 2 aliphatic rings. The van der Waals surface area contributed by atoms with Crippen LogP contribution in [0, 0.1) is 0 Å². The molecule has 0 fully saturated rings. The molecule has 1 aromatic rings. The molecule has 5 nitrogen and oxygen atoms in total. The Morgan fingerprint density at radius 2 is 2.10 bits per heavy atom. The summed E-state index contributed by atoms with van der Waals surface area (Å²) in [5.41, 5.74) is 0.809. The number of nitrogens with one attached hydrogen (secondary N) is 1. The van der Waals surface area contributed by atoms with Gasteiger partial charge in [-0.25, -0.2) is 0 Å². The van der Waals surface area contributed by atoms with Crippen molar-refractivity contribution in [3.63, 3.8) is 0 Å². The standard InChI is InChI=1S/C13H11F2NO4/c1-6(17)16-8-5-10-12(20-13(14,15)19-10)7-3-2-4-9(18)11(7)8/h5H,2-4H2,1H3,(H,16,17). The van der Waals surface area contributed by atoms with Crippen molar-refractivity contribution in [1.29, 1.82) is 0 Å². The van der Waals surface area contributed by atoms with E-state index in [1.54, 1.807) is 0 Å². The van der Waals surface area contributed by atoms with E-state index in [4.69, 9.17) is 0 Å². The van der Waals surface area contributed by atoms with Gasteiger partial charge in [-0.3, -0.25) is 9.59 Å². The molecule has 1 aliphatic carbocycles. The molecular weight excluding hydrogens is 272 g/mol. The van der Waals surface area contributed by atoms with E-state index in [0.717, 1.165) is 0 Å². The van der Waals surface area contributed by atoms with Crippen LogP contribution in [0.2, 0.25) is 0 Å². The van der Waals surface area contributed by atoms with Crippen molar-refractivity contribution in [1.82, 2.24) is 0 Å². The molecule has 3 rings (SSSR count). The predicted octanol–water partition coefficient (Wildman–Crippen LogP) is 2.49. The quantitative estimate of drug-likeness (QED) is 0.860. The maximum Gasteiger partial charge on any atom is 0.586 e. The topological polar surface area (TPSA) is 64.6 Å². The lowest BCUT2D eigenvalue weighted by atomic mass is 9.88. The van der Waals surface area contributed by atoms with Crippen molar-refractivity contribution in [2.75, 3.05) is 5.32 Å². The smallest absolute Gasteiger partial charge is 0.395 e. The first-order chi connectivity index (χ1) is 9.37. The van der Waals surface area contributed by atoms with E-state index in [0.29, 0.717) is 24.8 Å². The minimum Gasteiger partial charge on any atom is -0.395 e. The number of Topliss-reactive ketones (excluding diaryl/α,β-unsaturated/α-hetero) is 1. The second-order valence-electron chi connectivity index (χ2n) is 4.73. The molecule has 1 aliphatic heterocycles. The summed E-state index contributed by atoms with van der Waals surface area (Å²) in [5, 5.41) is 2.48. The Hall–Kier alpha value is -2.18. The minimum atomic E-state index is -3.74. The molecule has 1 amide bonds. The van der Waals surface area contributed by atoms with Crippen molar-refractivity contribution < 1.29 is 27.8 Å². The van der Waals surface area contributed by atoms with Crippen molar-refractivity contribution in [3.8, 4) is 11.5 Å².